The van der Waals surface area contributed by atoms with Crippen LogP contribution < -0.4 is 5.32 Å². The average molecular weight is 244 g/mol. The maximum atomic E-state index is 11.2. The third-order valence-electron chi connectivity index (χ3n) is 1.96. The molecule has 1 N–H and O–H groups in total. The highest BCUT2D eigenvalue weighted by molar-refractivity contribution is 6.41. The molecule has 0 spiro atoms. The molecule has 0 aliphatic heterocycles. The zero-order valence-corrected chi connectivity index (χ0v) is 9.77. The Morgan fingerprint density at radius 1 is 1.40 bits per heavy atom. The van der Waals surface area contributed by atoms with Crippen molar-refractivity contribution in [1.29, 1.82) is 0 Å². The molecule has 0 saturated heterocycles. The van der Waals surface area contributed by atoms with Crippen molar-refractivity contribution in [3.63, 3.8) is 0 Å². The van der Waals surface area contributed by atoms with E-state index < -0.39 is 0 Å². The van der Waals surface area contributed by atoms with Gasteiger partial charge in [-0.15, -0.1) is 0 Å². The fourth-order valence-corrected chi connectivity index (χ4v) is 1.29. The lowest BCUT2D eigenvalue weighted by Crippen LogP contribution is -2.26. The topological polar surface area (TPSA) is 29.1 Å². The number of benzene rings is 1. The number of amides is 1. The van der Waals surface area contributed by atoms with Crippen LogP contribution in [0.5, 0.6) is 0 Å². The summed E-state index contributed by atoms with van der Waals surface area (Å²) in [5.74, 6) is -0.362. The zero-order chi connectivity index (χ0) is 11.4. The minimum Gasteiger partial charge on any atom is -0.345 e. The second-order valence-corrected chi connectivity index (χ2v) is 4.04. The maximum absolute atomic E-state index is 11.2. The molecule has 0 saturated carbocycles. The Bertz CT molecular complexity index is 373. The van der Waals surface area contributed by atoms with Crippen LogP contribution >= 0.6 is 23.2 Å². The molecule has 0 aromatic heterocycles. The van der Waals surface area contributed by atoms with Crippen LogP contribution in [0.25, 0.3) is 0 Å². The van der Waals surface area contributed by atoms with Crippen LogP contribution in [0, 0.1) is 0 Å². The lowest BCUT2D eigenvalue weighted by atomic mass is 10.1. The Morgan fingerprint density at radius 3 is 2.40 bits per heavy atom. The van der Waals surface area contributed by atoms with Crippen molar-refractivity contribution >= 4 is 29.1 Å². The lowest BCUT2D eigenvalue weighted by Gasteiger charge is -2.13. The summed E-state index contributed by atoms with van der Waals surface area (Å²) in [5, 5.41) is 3.35. The molecule has 1 aromatic rings. The molecule has 0 radical (unpaired) electrons. The van der Waals surface area contributed by atoms with Crippen LogP contribution in [-0.2, 0) is 4.79 Å². The fraction of sp³-hybridized carbons (Fsp3) is 0.182. The number of halogens is 2. The van der Waals surface area contributed by atoms with Crippen molar-refractivity contribution in [1.82, 2.24) is 5.32 Å². The van der Waals surface area contributed by atoms with E-state index >= 15 is 0 Å². The third-order valence-corrected chi connectivity index (χ3v) is 2.39. The van der Waals surface area contributed by atoms with Crippen LogP contribution in [-0.4, -0.2) is 5.91 Å². The van der Waals surface area contributed by atoms with Gasteiger partial charge in [0, 0.05) is 5.02 Å². The number of carbonyl (C=O) groups is 1. The molecule has 0 aliphatic rings. The lowest BCUT2D eigenvalue weighted by molar-refractivity contribution is -0.117. The first-order chi connectivity index (χ1) is 7.00. The molecule has 15 heavy (non-hydrogen) atoms. The van der Waals surface area contributed by atoms with Crippen molar-refractivity contribution in [2.24, 2.45) is 0 Å². The third kappa shape index (κ3) is 3.57. The summed E-state index contributed by atoms with van der Waals surface area (Å²) in [6, 6.07) is 7.13. The highest BCUT2D eigenvalue weighted by Crippen LogP contribution is 2.16. The predicted molar refractivity (Wildman–Crippen MR) is 63.0 cm³/mol. The van der Waals surface area contributed by atoms with E-state index in [0.29, 0.717) is 5.02 Å². The van der Waals surface area contributed by atoms with Gasteiger partial charge in [-0.25, -0.2) is 0 Å². The second kappa shape index (κ2) is 5.19. The molecule has 1 aromatic carbocycles. The maximum Gasteiger partial charge on any atom is 0.262 e. The number of hydrogen-bond donors (Lipinski definition) is 1. The summed E-state index contributed by atoms with van der Waals surface area (Å²) < 4.78 is 0. The molecular formula is C11H11Cl2NO. The average Bonchev–Trinajstić information content (AvgIpc) is 2.18. The molecule has 1 amide bonds. The summed E-state index contributed by atoms with van der Waals surface area (Å²) in [6.45, 7) is 5.21. The van der Waals surface area contributed by atoms with E-state index in [2.05, 4.69) is 11.9 Å². The van der Waals surface area contributed by atoms with E-state index in [1.165, 1.54) is 0 Å². The van der Waals surface area contributed by atoms with E-state index in [-0.39, 0.29) is 17.0 Å². The van der Waals surface area contributed by atoms with Gasteiger partial charge in [0.05, 0.1) is 11.1 Å². The van der Waals surface area contributed by atoms with E-state index in [1.54, 1.807) is 12.1 Å². The van der Waals surface area contributed by atoms with Gasteiger partial charge in [-0.2, -0.15) is 0 Å². The number of nitrogens with one attached hydrogen (secondary N) is 1. The van der Waals surface area contributed by atoms with E-state index in [4.69, 9.17) is 23.2 Å². The zero-order valence-electron chi connectivity index (χ0n) is 8.26. The monoisotopic (exact) mass is 243 g/mol. The number of hydrogen-bond acceptors (Lipinski definition) is 1. The van der Waals surface area contributed by atoms with Gasteiger partial charge < -0.3 is 5.32 Å². The summed E-state index contributed by atoms with van der Waals surface area (Å²) in [4.78, 5) is 11.2. The predicted octanol–water partition coefficient (Wildman–Crippen LogP) is 3.27. The SMILES string of the molecule is C=C(Cl)C(=O)N[C@H](C)c1ccc(Cl)cc1. The summed E-state index contributed by atoms with van der Waals surface area (Å²) in [6.07, 6.45) is 0. The van der Waals surface area contributed by atoms with Crippen LogP contribution in [0.3, 0.4) is 0 Å². The Kier molecular flexibility index (Phi) is 4.18. The fourth-order valence-electron chi connectivity index (χ4n) is 1.11. The van der Waals surface area contributed by atoms with Gasteiger partial charge in [0.2, 0.25) is 0 Å². The van der Waals surface area contributed by atoms with Crippen LogP contribution in [0.4, 0.5) is 0 Å². The Balaban J connectivity index is 2.69. The van der Waals surface area contributed by atoms with Gasteiger partial charge in [-0.1, -0.05) is 41.9 Å². The van der Waals surface area contributed by atoms with Crippen LogP contribution in [0.1, 0.15) is 18.5 Å². The van der Waals surface area contributed by atoms with Crippen molar-refractivity contribution < 1.29 is 4.79 Å². The summed E-state index contributed by atoms with van der Waals surface area (Å²) in [7, 11) is 0. The molecule has 0 fully saturated rings. The number of rotatable bonds is 3. The first kappa shape index (κ1) is 12.1. The van der Waals surface area contributed by atoms with Gasteiger partial charge in [0.1, 0.15) is 0 Å². The van der Waals surface area contributed by atoms with E-state index in [1.807, 2.05) is 19.1 Å². The minimum absolute atomic E-state index is 0.0178. The highest BCUT2D eigenvalue weighted by Gasteiger charge is 2.10. The molecule has 2 nitrogen and oxygen atoms in total. The van der Waals surface area contributed by atoms with Crippen molar-refractivity contribution in [3.05, 3.63) is 46.5 Å². The van der Waals surface area contributed by atoms with Crippen molar-refractivity contribution in [3.8, 4) is 0 Å². The molecule has 80 valence electrons. The van der Waals surface area contributed by atoms with E-state index in [0.717, 1.165) is 5.56 Å². The van der Waals surface area contributed by atoms with Gasteiger partial charge in [0.25, 0.3) is 5.91 Å². The normalized spacial score (nSPS) is 11.9. The van der Waals surface area contributed by atoms with Crippen molar-refractivity contribution in [2.45, 2.75) is 13.0 Å². The molecule has 0 heterocycles. The Morgan fingerprint density at radius 2 is 1.93 bits per heavy atom. The molecule has 0 aliphatic carbocycles. The van der Waals surface area contributed by atoms with Gasteiger partial charge >= 0.3 is 0 Å². The first-order valence-corrected chi connectivity index (χ1v) is 5.17. The largest absolute Gasteiger partial charge is 0.345 e. The Hall–Kier alpha value is -0.990. The number of carbonyl (C=O) groups excluding carboxylic acids is 1. The van der Waals surface area contributed by atoms with Crippen LogP contribution in [0.15, 0.2) is 35.9 Å². The van der Waals surface area contributed by atoms with Gasteiger partial charge in [-0.05, 0) is 24.6 Å². The smallest absolute Gasteiger partial charge is 0.262 e. The molecular weight excluding hydrogens is 233 g/mol. The molecule has 0 unspecified atom stereocenters. The van der Waals surface area contributed by atoms with Crippen molar-refractivity contribution in [2.75, 3.05) is 0 Å². The molecule has 1 atom stereocenters. The van der Waals surface area contributed by atoms with Crippen LogP contribution in [0.2, 0.25) is 5.02 Å². The molecule has 1 rings (SSSR count). The van der Waals surface area contributed by atoms with Gasteiger partial charge in [0.15, 0.2) is 0 Å². The first-order valence-electron chi connectivity index (χ1n) is 4.41. The summed E-state index contributed by atoms with van der Waals surface area (Å²) in [5.41, 5.74) is 0.964. The minimum atomic E-state index is -0.362. The molecule has 4 heteroatoms. The standard InChI is InChI=1S/C11H11Cl2NO/c1-7(12)11(15)14-8(2)9-3-5-10(13)6-4-9/h3-6,8H,1H2,2H3,(H,14,15)/t8-/m1/s1. The van der Waals surface area contributed by atoms with E-state index in [9.17, 15) is 4.79 Å². The quantitative estimate of drug-likeness (QED) is 0.812. The highest BCUT2D eigenvalue weighted by atomic mass is 35.5. The second-order valence-electron chi connectivity index (χ2n) is 3.15. The van der Waals surface area contributed by atoms with Gasteiger partial charge in [-0.3, -0.25) is 4.79 Å². The Labute approximate surface area is 98.9 Å². The molecule has 0 bridgehead atoms. The summed E-state index contributed by atoms with van der Waals surface area (Å²) >= 11 is 11.2.